The Morgan fingerprint density at radius 3 is 2.36 bits per heavy atom. The Hall–Kier alpha value is -3.22. The van der Waals surface area contributed by atoms with Gasteiger partial charge in [-0.2, -0.15) is 0 Å². The fraction of sp³-hybridized carbons (Fsp3) is 0.192. The van der Waals surface area contributed by atoms with E-state index in [1.165, 1.54) is 11.3 Å². The number of aliphatic carboxylic acids is 1. The van der Waals surface area contributed by atoms with Crippen molar-refractivity contribution < 1.29 is 19.4 Å². The molecule has 0 unspecified atom stereocenters. The number of esters is 1. The third-order valence-electron chi connectivity index (χ3n) is 5.95. The molecule has 0 amide bonds. The number of benzene rings is 3. The Labute approximate surface area is 199 Å². The highest BCUT2D eigenvalue weighted by Gasteiger charge is 2.30. The van der Waals surface area contributed by atoms with Crippen LogP contribution in [0.3, 0.4) is 0 Å². The van der Waals surface area contributed by atoms with E-state index in [0.717, 1.165) is 32.5 Å². The zero-order valence-corrected chi connectivity index (χ0v) is 19.1. The lowest BCUT2D eigenvalue weighted by molar-refractivity contribution is -0.151. The van der Waals surface area contributed by atoms with E-state index in [1.54, 1.807) is 18.2 Å². The number of carboxylic acids is 1. The van der Waals surface area contributed by atoms with E-state index < -0.39 is 17.9 Å². The zero-order chi connectivity index (χ0) is 22.9. The van der Waals surface area contributed by atoms with Crippen molar-refractivity contribution in [1.29, 1.82) is 0 Å². The summed E-state index contributed by atoms with van der Waals surface area (Å²) in [4.78, 5) is 29.0. The summed E-state index contributed by atoms with van der Waals surface area (Å²) in [5.74, 6) is -2.52. The van der Waals surface area contributed by atoms with Crippen molar-refractivity contribution in [2.45, 2.75) is 18.8 Å². The lowest BCUT2D eigenvalue weighted by Crippen LogP contribution is -2.22. The van der Waals surface area contributed by atoms with Crippen molar-refractivity contribution in [1.82, 2.24) is 4.98 Å². The number of halogens is 1. The third kappa shape index (κ3) is 4.36. The van der Waals surface area contributed by atoms with Gasteiger partial charge in [0.2, 0.25) is 0 Å². The average Bonchev–Trinajstić information content (AvgIpc) is 3.35. The van der Waals surface area contributed by atoms with Crippen molar-refractivity contribution in [3.63, 3.8) is 0 Å². The van der Waals surface area contributed by atoms with Gasteiger partial charge in [-0.15, -0.1) is 11.3 Å². The summed E-state index contributed by atoms with van der Waals surface area (Å²) in [6, 6.07) is 21.5. The predicted octanol–water partition coefficient (Wildman–Crippen LogP) is 5.94. The Morgan fingerprint density at radius 2 is 1.70 bits per heavy atom. The molecule has 1 atom stereocenters. The minimum absolute atomic E-state index is 0.0568. The molecule has 4 aromatic rings. The monoisotopic (exact) mass is 477 g/mol. The number of rotatable bonds is 7. The largest absolute Gasteiger partial charge is 0.481 e. The van der Waals surface area contributed by atoms with E-state index in [9.17, 15) is 14.7 Å². The maximum Gasteiger partial charge on any atom is 0.307 e. The molecule has 0 spiro atoms. The van der Waals surface area contributed by atoms with Gasteiger partial charge >= 0.3 is 11.9 Å². The molecule has 0 fully saturated rings. The molecule has 0 saturated carbocycles. The van der Waals surface area contributed by atoms with Crippen LogP contribution in [0.15, 0.2) is 66.7 Å². The normalized spacial score (nSPS) is 13.5. The van der Waals surface area contributed by atoms with Gasteiger partial charge in [-0.25, -0.2) is 4.98 Å². The number of carboxylic acid groups (broad SMARTS) is 1. The molecule has 7 heteroatoms. The number of hydrogen-bond donors (Lipinski definition) is 1. The van der Waals surface area contributed by atoms with Crippen LogP contribution in [0, 0.1) is 5.92 Å². The van der Waals surface area contributed by atoms with Crippen LogP contribution in [0.4, 0.5) is 0 Å². The van der Waals surface area contributed by atoms with Gasteiger partial charge in [0, 0.05) is 17.4 Å². The smallest absolute Gasteiger partial charge is 0.307 e. The average molecular weight is 478 g/mol. The molecule has 0 bridgehead atoms. The van der Waals surface area contributed by atoms with E-state index >= 15 is 0 Å². The van der Waals surface area contributed by atoms with Crippen LogP contribution in [0.5, 0.6) is 0 Å². The van der Waals surface area contributed by atoms with Gasteiger partial charge < -0.3 is 9.84 Å². The molecule has 1 aromatic heterocycles. The summed E-state index contributed by atoms with van der Waals surface area (Å²) in [7, 11) is 0. The van der Waals surface area contributed by atoms with Crippen LogP contribution >= 0.6 is 22.9 Å². The summed E-state index contributed by atoms with van der Waals surface area (Å²) in [6.45, 7) is 0.179. The Bertz CT molecular complexity index is 1320. The summed E-state index contributed by atoms with van der Waals surface area (Å²) in [5.41, 5.74) is 5.30. The van der Waals surface area contributed by atoms with E-state index in [1.807, 2.05) is 36.4 Å². The maximum atomic E-state index is 12.6. The highest BCUT2D eigenvalue weighted by atomic mass is 35.5. The van der Waals surface area contributed by atoms with Gasteiger partial charge in [-0.05, 0) is 40.5 Å². The van der Waals surface area contributed by atoms with Crippen molar-refractivity contribution in [3.05, 3.63) is 87.9 Å². The van der Waals surface area contributed by atoms with Crippen LogP contribution in [0.1, 0.15) is 28.5 Å². The molecular weight excluding hydrogens is 458 g/mol. The fourth-order valence-electron chi connectivity index (χ4n) is 4.37. The molecule has 0 radical (unpaired) electrons. The maximum absolute atomic E-state index is 12.6. The molecule has 33 heavy (non-hydrogen) atoms. The standard InChI is InChI=1S/C26H20ClNO4S/c27-16-9-10-22-23(13-16)33-24(28-22)11-15(26(30)31)12-25(29)32-14-21-19-7-3-1-5-17(19)18-6-2-4-8-20(18)21/h1-10,13,15,21H,11-12,14H2,(H,30,31)/t15-/m1/s1. The van der Waals surface area contributed by atoms with Crippen molar-refractivity contribution in [2.75, 3.05) is 6.61 Å². The van der Waals surface area contributed by atoms with E-state index in [0.29, 0.717) is 10.0 Å². The van der Waals surface area contributed by atoms with Gasteiger partial charge in [-0.1, -0.05) is 60.1 Å². The lowest BCUT2D eigenvalue weighted by atomic mass is 9.98. The first kappa shape index (κ1) is 21.6. The molecule has 5 rings (SSSR count). The number of nitrogens with zero attached hydrogens (tertiary/aromatic N) is 1. The molecule has 166 valence electrons. The molecule has 1 aliphatic rings. The summed E-state index contributed by atoms with van der Waals surface area (Å²) in [6.07, 6.45) is -0.0431. The van der Waals surface area contributed by atoms with Crippen LogP contribution in [0.25, 0.3) is 21.3 Å². The number of carbonyl (C=O) groups is 2. The number of hydrogen-bond acceptors (Lipinski definition) is 5. The topological polar surface area (TPSA) is 76.5 Å². The van der Waals surface area contributed by atoms with Gasteiger partial charge in [0.05, 0.1) is 27.6 Å². The second-order valence-corrected chi connectivity index (χ2v) is 9.62. The Balaban J connectivity index is 1.27. The third-order valence-corrected chi connectivity index (χ3v) is 7.23. The van der Waals surface area contributed by atoms with Crippen molar-refractivity contribution in [3.8, 4) is 11.1 Å². The summed E-state index contributed by atoms with van der Waals surface area (Å²) in [5, 5.41) is 11.0. The van der Waals surface area contributed by atoms with Gasteiger partial charge in [0.15, 0.2) is 0 Å². The van der Waals surface area contributed by atoms with E-state index in [-0.39, 0.29) is 25.4 Å². The van der Waals surface area contributed by atoms with Gasteiger partial charge in [-0.3, -0.25) is 9.59 Å². The second-order valence-electron chi connectivity index (χ2n) is 8.07. The summed E-state index contributed by atoms with van der Waals surface area (Å²) < 4.78 is 6.49. The molecule has 0 aliphatic heterocycles. The lowest BCUT2D eigenvalue weighted by Gasteiger charge is -2.15. The molecule has 1 heterocycles. The van der Waals surface area contributed by atoms with E-state index in [2.05, 4.69) is 17.1 Å². The van der Waals surface area contributed by atoms with E-state index in [4.69, 9.17) is 16.3 Å². The molecule has 1 aliphatic carbocycles. The Kier molecular flexibility index (Phi) is 5.87. The molecule has 1 N–H and O–H groups in total. The van der Waals surface area contributed by atoms with Gasteiger partial charge in [0.25, 0.3) is 0 Å². The number of carbonyl (C=O) groups excluding carboxylic acids is 1. The van der Waals surface area contributed by atoms with Crippen molar-refractivity contribution >= 4 is 45.1 Å². The number of aromatic nitrogens is 1. The van der Waals surface area contributed by atoms with Crippen molar-refractivity contribution in [2.24, 2.45) is 5.92 Å². The quantitative estimate of drug-likeness (QED) is 0.333. The van der Waals surface area contributed by atoms with Crippen LogP contribution in [-0.2, 0) is 20.7 Å². The van der Waals surface area contributed by atoms with Crippen LogP contribution in [0.2, 0.25) is 5.02 Å². The first-order valence-corrected chi connectivity index (χ1v) is 11.8. The highest BCUT2D eigenvalue weighted by molar-refractivity contribution is 7.18. The zero-order valence-electron chi connectivity index (χ0n) is 17.5. The number of thiazole rings is 1. The number of ether oxygens (including phenoxy) is 1. The first-order valence-electron chi connectivity index (χ1n) is 10.6. The van der Waals surface area contributed by atoms with Crippen LogP contribution < -0.4 is 0 Å². The predicted molar refractivity (Wildman–Crippen MR) is 129 cm³/mol. The number of fused-ring (bicyclic) bond motifs is 4. The molecule has 5 nitrogen and oxygen atoms in total. The highest BCUT2D eigenvalue weighted by Crippen LogP contribution is 2.44. The Morgan fingerprint density at radius 1 is 1.03 bits per heavy atom. The molecule has 3 aromatic carbocycles. The molecule has 0 saturated heterocycles. The minimum atomic E-state index is -1.04. The second kappa shape index (κ2) is 8.96. The minimum Gasteiger partial charge on any atom is -0.481 e. The first-order chi connectivity index (χ1) is 16.0. The summed E-state index contributed by atoms with van der Waals surface area (Å²) >= 11 is 7.42. The SMILES string of the molecule is O=C(C[C@@H](Cc1nc2ccc(Cl)cc2s1)C(=O)O)OCC1c2ccccc2-c2ccccc21. The van der Waals surface area contributed by atoms with Crippen LogP contribution in [-0.4, -0.2) is 28.6 Å². The fourth-order valence-corrected chi connectivity index (χ4v) is 5.69. The molecular formula is C26H20ClNO4S. The van der Waals surface area contributed by atoms with Gasteiger partial charge in [0.1, 0.15) is 6.61 Å².